The van der Waals surface area contributed by atoms with Gasteiger partial charge in [-0.2, -0.15) is 0 Å². The maximum Gasteiger partial charge on any atom is 0.223 e. The van der Waals surface area contributed by atoms with E-state index >= 15 is 0 Å². The van der Waals surface area contributed by atoms with Crippen LogP contribution in [0.25, 0.3) is 0 Å². The second-order valence-electron chi connectivity index (χ2n) is 6.76. The zero-order valence-corrected chi connectivity index (χ0v) is 15.1. The van der Waals surface area contributed by atoms with Gasteiger partial charge in [0.25, 0.3) is 0 Å². The number of hydrogen-bond acceptors (Lipinski definition) is 4. The maximum absolute atomic E-state index is 12.2. The van der Waals surface area contributed by atoms with Gasteiger partial charge in [0.1, 0.15) is 0 Å². The molecule has 5 heteroatoms. The molecule has 2 N–H and O–H groups in total. The summed E-state index contributed by atoms with van der Waals surface area (Å²) in [5, 5.41) is 6.31. The summed E-state index contributed by atoms with van der Waals surface area (Å²) < 4.78 is 11.2. The van der Waals surface area contributed by atoms with Crippen LogP contribution in [0.15, 0.2) is 18.2 Å². The van der Waals surface area contributed by atoms with Crippen LogP contribution in [0, 0.1) is 11.8 Å². The minimum absolute atomic E-state index is 0.131. The fraction of sp³-hybridized carbons (Fsp3) is 0.632. The lowest BCUT2D eigenvalue weighted by atomic mass is 9.97. The molecule has 0 unspecified atom stereocenters. The summed E-state index contributed by atoms with van der Waals surface area (Å²) in [4.78, 5) is 12.2. The summed E-state index contributed by atoms with van der Waals surface area (Å²) in [6, 6.07) is 5.84. The summed E-state index contributed by atoms with van der Waals surface area (Å²) in [6.07, 6.45) is 2.84. The Morgan fingerprint density at radius 3 is 2.71 bits per heavy atom. The van der Waals surface area contributed by atoms with Crippen LogP contribution >= 0.6 is 0 Å². The molecule has 1 heterocycles. The zero-order chi connectivity index (χ0) is 17.4. The molecular weight excluding hydrogens is 304 g/mol. The quantitative estimate of drug-likeness (QED) is 0.767. The molecule has 24 heavy (non-hydrogen) atoms. The first-order valence-electron chi connectivity index (χ1n) is 8.88. The van der Waals surface area contributed by atoms with Gasteiger partial charge in [0, 0.05) is 12.5 Å². The number of ether oxygens (including phenoxy) is 2. The Labute approximate surface area is 145 Å². The molecule has 0 saturated carbocycles. The Kier molecular flexibility index (Phi) is 7.37. The van der Waals surface area contributed by atoms with Crippen molar-refractivity contribution in [3.8, 4) is 11.5 Å². The molecule has 1 aromatic rings. The lowest BCUT2D eigenvalue weighted by Crippen LogP contribution is -2.37. The van der Waals surface area contributed by atoms with Crippen LogP contribution in [0.2, 0.25) is 0 Å². The zero-order valence-electron chi connectivity index (χ0n) is 15.1. The summed E-state index contributed by atoms with van der Waals surface area (Å²) in [5.41, 5.74) is 1.02. The summed E-state index contributed by atoms with van der Waals surface area (Å²) >= 11 is 0. The number of carbonyl (C=O) groups is 1. The molecule has 0 atom stereocenters. The smallest absolute Gasteiger partial charge is 0.223 e. The number of nitrogens with one attached hydrogen (secondary N) is 2. The van der Waals surface area contributed by atoms with E-state index in [1.807, 2.05) is 18.2 Å². The van der Waals surface area contributed by atoms with E-state index < -0.39 is 0 Å². The summed E-state index contributed by atoms with van der Waals surface area (Å²) in [6.45, 7) is 7.40. The van der Waals surface area contributed by atoms with Crippen molar-refractivity contribution in [2.45, 2.75) is 39.7 Å². The molecule has 0 aromatic heterocycles. The van der Waals surface area contributed by atoms with Gasteiger partial charge in [-0.05, 0) is 56.0 Å². The molecule has 1 amide bonds. The molecule has 1 fully saturated rings. The van der Waals surface area contributed by atoms with Crippen LogP contribution < -0.4 is 20.1 Å². The number of rotatable bonds is 8. The standard InChI is InChI=1S/C19H30N2O3/c1-14(2)8-11-24-17-5-4-15(12-18(17)23-3)13-21-19(22)16-6-9-20-10-7-16/h4-5,12,14,16,20H,6-11,13H2,1-3H3,(H,21,22). The monoisotopic (exact) mass is 334 g/mol. The van der Waals surface area contributed by atoms with Gasteiger partial charge < -0.3 is 20.1 Å². The maximum atomic E-state index is 12.2. The predicted octanol–water partition coefficient (Wildman–Crippen LogP) is 2.74. The van der Waals surface area contributed by atoms with Crippen LogP contribution in [0.1, 0.15) is 38.7 Å². The lowest BCUT2D eigenvalue weighted by Gasteiger charge is -2.21. The van der Waals surface area contributed by atoms with Crippen molar-refractivity contribution in [1.82, 2.24) is 10.6 Å². The molecule has 5 nitrogen and oxygen atoms in total. The van der Waals surface area contributed by atoms with Gasteiger partial charge >= 0.3 is 0 Å². The van der Waals surface area contributed by atoms with Gasteiger partial charge in [-0.1, -0.05) is 19.9 Å². The van der Waals surface area contributed by atoms with Crippen molar-refractivity contribution >= 4 is 5.91 Å². The minimum Gasteiger partial charge on any atom is -0.493 e. The van der Waals surface area contributed by atoms with E-state index in [9.17, 15) is 4.79 Å². The Morgan fingerprint density at radius 2 is 2.04 bits per heavy atom. The molecule has 0 bridgehead atoms. The molecule has 0 aliphatic carbocycles. The third-order valence-corrected chi connectivity index (χ3v) is 4.36. The first kappa shape index (κ1) is 18.6. The second kappa shape index (κ2) is 9.52. The van der Waals surface area contributed by atoms with Crippen molar-refractivity contribution in [2.75, 3.05) is 26.8 Å². The van der Waals surface area contributed by atoms with Gasteiger partial charge in [-0.3, -0.25) is 4.79 Å². The van der Waals surface area contributed by atoms with E-state index in [0.717, 1.165) is 43.7 Å². The Bertz CT molecular complexity index is 525. The van der Waals surface area contributed by atoms with Crippen LogP contribution in [0.3, 0.4) is 0 Å². The third-order valence-electron chi connectivity index (χ3n) is 4.36. The Balaban J connectivity index is 1.87. The van der Waals surface area contributed by atoms with Crippen molar-refractivity contribution in [1.29, 1.82) is 0 Å². The fourth-order valence-corrected chi connectivity index (χ4v) is 2.76. The number of benzene rings is 1. The number of methoxy groups -OCH3 is 1. The second-order valence-corrected chi connectivity index (χ2v) is 6.76. The average molecular weight is 334 g/mol. The Hall–Kier alpha value is -1.75. The molecule has 1 aliphatic heterocycles. The van der Waals surface area contributed by atoms with Gasteiger partial charge in [0.2, 0.25) is 5.91 Å². The first-order valence-corrected chi connectivity index (χ1v) is 8.88. The highest BCUT2D eigenvalue weighted by Gasteiger charge is 2.20. The van der Waals surface area contributed by atoms with Crippen LogP contribution in [0.4, 0.5) is 0 Å². The Morgan fingerprint density at radius 1 is 1.29 bits per heavy atom. The molecule has 134 valence electrons. The normalized spacial score (nSPS) is 15.3. The van der Waals surface area contributed by atoms with E-state index in [4.69, 9.17) is 9.47 Å². The average Bonchev–Trinajstić information content (AvgIpc) is 2.60. The number of amides is 1. The van der Waals surface area contributed by atoms with E-state index in [0.29, 0.717) is 24.8 Å². The van der Waals surface area contributed by atoms with Crippen LogP contribution in [0.5, 0.6) is 11.5 Å². The van der Waals surface area contributed by atoms with Crippen molar-refractivity contribution in [3.63, 3.8) is 0 Å². The fourth-order valence-electron chi connectivity index (χ4n) is 2.76. The van der Waals surface area contributed by atoms with Gasteiger partial charge in [-0.15, -0.1) is 0 Å². The third kappa shape index (κ3) is 5.71. The number of piperidine rings is 1. The molecule has 1 aromatic carbocycles. The summed E-state index contributed by atoms with van der Waals surface area (Å²) in [5.74, 6) is 2.36. The van der Waals surface area contributed by atoms with Crippen LogP contribution in [-0.2, 0) is 11.3 Å². The predicted molar refractivity (Wildman–Crippen MR) is 95.4 cm³/mol. The molecular formula is C19H30N2O3. The van der Waals surface area contributed by atoms with Gasteiger partial charge in [-0.25, -0.2) is 0 Å². The number of hydrogen-bond donors (Lipinski definition) is 2. The summed E-state index contributed by atoms with van der Waals surface area (Å²) in [7, 11) is 1.64. The SMILES string of the molecule is COc1cc(CNC(=O)C2CCNCC2)ccc1OCCC(C)C. The van der Waals surface area contributed by atoms with E-state index in [1.54, 1.807) is 7.11 Å². The van der Waals surface area contributed by atoms with Crippen molar-refractivity contribution < 1.29 is 14.3 Å². The highest BCUT2D eigenvalue weighted by molar-refractivity contribution is 5.78. The molecule has 0 spiro atoms. The van der Waals surface area contributed by atoms with Gasteiger partial charge in [0.15, 0.2) is 11.5 Å². The highest BCUT2D eigenvalue weighted by Crippen LogP contribution is 2.28. The van der Waals surface area contributed by atoms with E-state index in [1.165, 1.54) is 0 Å². The van der Waals surface area contributed by atoms with E-state index in [-0.39, 0.29) is 11.8 Å². The lowest BCUT2D eigenvalue weighted by molar-refractivity contribution is -0.125. The largest absolute Gasteiger partial charge is 0.493 e. The molecule has 1 saturated heterocycles. The van der Waals surface area contributed by atoms with Crippen LogP contribution in [-0.4, -0.2) is 32.7 Å². The molecule has 0 radical (unpaired) electrons. The minimum atomic E-state index is 0.131. The molecule has 2 rings (SSSR count). The number of carbonyl (C=O) groups excluding carboxylic acids is 1. The molecule has 1 aliphatic rings. The highest BCUT2D eigenvalue weighted by atomic mass is 16.5. The van der Waals surface area contributed by atoms with Gasteiger partial charge in [0.05, 0.1) is 13.7 Å². The van der Waals surface area contributed by atoms with Crippen molar-refractivity contribution in [3.05, 3.63) is 23.8 Å². The van der Waals surface area contributed by atoms with Crippen molar-refractivity contribution in [2.24, 2.45) is 11.8 Å². The first-order chi connectivity index (χ1) is 11.6. The van der Waals surface area contributed by atoms with E-state index in [2.05, 4.69) is 24.5 Å². The topological polar surface area (TPSA) is 59.6 Å².